The number of furan rings is 1. The minimum atomic E-state index is -0.481. The van der Waals surface area contributed by atoms with Gasteiger partial charge in [0.1, 0.15) is 11.6 Å². The Bertz CT molecular complexity index is 786. The fourth-order valence-corrected chi connectivity index (χ4v) is 2.37. The summed E-state index contributed by atoms with van der Waals surface area (Å²) in [6, 6.07) is 12.7. The van der Waals surface area contributed by atoms with Crippen molar-refractivity contribution < 1.29 is 13.6 Å². The van der Waals surface area contributed by atoms with Crippen LogP contribution >= 0.6 is 11.6 Å². The standard InChI is InChI=1S/C17H12ClFN2O2/c18-13-5-3-6-14(19)12(13)11-21(16-8-1-2-9-20-16)17(22)15-7-4-10-23-15/h1-10H,11H2. The zero-order valence-corrected chi connectivity index (χ0v) is 12.7. The van der Waals surface area contributed by atoms with Gasteiger partial charge in [-0.2, -0.15) is 0 Å². The van der Waals surface area contributed by atoms with Gasteiger partial charge < -0.3 is 4.42 Å². The van der Waals surface area contributed by atoms with E-state index < -0.39 is 11.7 Å². The van der Waals surface area contributed by atoms with Crippen LogP contribution in [0, 0.1) is 5.82 Å². The highest BCUT2D eigenvalue weighted by molar-refractivity contribution is 6.31. The van der Waals surface area contributed by atoms with Gasteiger partial charge in [-0.15, -0.1) is 0 Å². The average molecular weight is 331 g/mol. The number of rotatable bonds is 4. The molecule has 0 radical (unpaired) electrons. The summed E-state index contributed by atoms with van der Waals surface area (Å²) in [5.41, 5.74) is 0.222. The van der Waals surface area contributed by atoms with E-state index in [1.54, 1.807) is 42.6 Å². The fraction of sp³-hybridized carbons (Fsp3) is 0.0588. The van der Waals surface area contributed by atoms with Gasteiger partial charge in [-0.3, -0.25) is 9.69 Å². The van der Waals surface area contributed by atoms with E-state index in [1.807, 2.05) is 0 Å². The highest BCUT2D eigenvalue weighted by Gasteiger charge is 2.23. The van der Waals surface area contributed by atoms with E-state index in [0.717, 1.165) is 0 Å². The third kappa shape index (κ3) is 3.24. The van der Waals surface area contributed by atoms with Gasteiger partial charge >= 0.3 is 0 Å². The molecule has 1 aromatic carbocycles. The second-order valence-electron chi connectivity index (χ2n) is 4.76. The molecule has 0 atom stereocenters. The molecule has 4 nitrogen and oxygen atoms in total. The summed E-state index contributed by atoms with van der Waals surface area (Å²) in [5.74, 6) is -0.380. The molecule has 2 heterocycles. The van der Waals surface area contributed by atoms with Gasteiger partial charge in [-0.05, 0) is 36.4 Å². The molecule has 0 bridgehead atoms. The number of carbonyl (C=O) groups excluding carboxylic acids is 1. The number of pyridine rings is 1. The Morgan fingerprint density at radius 2 is 2.04 bits per heavy atom. The molecule has 0 fully saturated rings. The van der Waals surface area contributed by atoms with Gasteiger partial charge in [0.2, 0.25) is 0 Å². The number of nitrogens with zero attached hydrogens (tertiary/aromatic N) is 2. The van der Waals surface area contributed by atoms with Gasteiger partial charge in [-0.1, -0.05) is 23.7 Å². The average Bonchev–Trinajstić information content (AvgIpc) is 3.09. The van der Waals surface area contributed by atoms with Crippen LogP contribution in [0.2, 0.25) is 5.02 Å². The van der Waals surface area contributed by atoms with Crippen molar-refractivity contribution in [1.82, 2.24) is 4.98 Å². The second kappa shape index (κ2) is 6.62. The molecular formula is C17H12ClFN2O2. The first-order chi connectivity index (χ1) is 11.2. The van der Waals surface area contributed by atoms with E-state index in [2.05, 4.69) is 4.98 Å². The minimum absolute atomic E-state index is 0.0535. The van der Waals surface area contributed by atoms with E-state index in [-0.39, 0.29) is 22.9 Å². The maximum atomic E-state index is 14.1. The summed E-state index contributed by atoms with van der Waals surface area (Å²) in [6.45, 7) is -0.0535. The van der Waals surface area contributed by atoms with E-state index >= 15 is 0 Å². The van der Waals surface area contributed by atoms with Crippen LogP contribution in [0.15, 0.2) is 65.4 Å². The molecule has 0 aliphatic heterocycles. The topological polar surface area (TPSA) is 46.3 Å². The SMILES string of the molecule is O=C(c1ccco1)N(Cc1c(F)cccc1Cl)c1ccccn1. The normalized spacial score (nSPS) is 10.5. The number of benzene rings is 1. The molecular weight excluding hydrogens is 319 g/mol. The number of anilines is 1. The van der Waals surface area contributed by atoms with Crippen LogP contribution in [0.5, 0.6) is 0 Å². The van der Waals surface area contributed by atoms with Crippen molar-refractivity contribution >= 4 is 23.3 Å². The van der Waals surface area contributed by atoms with Crippen LogP contribution in [-0.4, -0.2) is 10.9 Å². The predicted molar refractivity (Wildman–Crippen MR) is 84.9 cm³/mol. The van der Waals surface area contributed by atoms with Gasteiger partial charge in [-0.25, -0.2) is 9.37 Å². The Hall–Kier alpha value is -2.66. The lowest BCUT2D eigenvalue weighted by Gasteiger charge is -2.21. The number of hydrogen-bond acceptors (Lipinski definition) is 3. The van der Waals surface area contributed by atoms with E-state index in [0.29, 0.717) is 5.82 Å². The zero-order valence-electron chi connectivity index (χ0n) is 11.9. The third-order valence-electron chi connectivity index (χ3n) is 3.28. The molecule has 0 saturated carbocycles. The third-order valence-corrected chi connectivity index (χ3v) is 3.63. The molecule has 0 aliphatic carbocycles. The van der Waals surface area contributed by atoms with E-state index in [4.69, 9.17) is 16.0 Å². The van der Waals surface area contributed by atoms with Crippen molar-refractivity contribution in [2.45, 2.75) is 6.54 Å². The number of aromatic nitrogens is 1. The largest absolute Gasteiger partial charge is 0.459 e. The molecule has 3 rings (SSSR count). The lowest BCUT2D eigenvalue weighted by atomic mass is 10.2. The molecule has 6 heteroatoms. The van der Waals surface area contributed by atoms with Crippen LogP contribution in [0.3, 0.4) is 0 Å². The Balaban J connectivity index is 2.01. The zero-order chi connectivity index (χ0) is 16.2. The number of amides is 1. The monoisotopic (exact) mass is 330 g/mol. The van der Waals surface area contributed by atoms with E-state index in [1.165, 1.54) is 23.3 Å². The first-order valence-corrected chi connectivity index (χ1v) is 7.24. The van der Waals surface area contributed by atoms with Gasteiger partial charge in [0.15, 0.2) is 5.76 Å². The van der Waals surface area contributed by atoms with Gasteiger partial charge in [0, 0.05) is 16.8 Å². The molecule has 0 unspecified atom stereocenters. The minimum Gasteiger partial charge on any atom is -0.459 e. The maximum absolute atomic E-state index is 14.1. The first kappa shape index (κ1) is 15.2. The predicted octanol–water partition coefficient (Wildman–Crippen LogP) is 4.31. The van der Waals surface area contributed by atoms with Crippen molar-refractivity contribution in [2.75, 3.05) is 4.90 Å². The number of hydrogen-bond donors (Lipinski definition) is 0. The Morgan fingerprint density at radius 3 is 2.70 bits per heavy atom. The highest BCUT2D eigenvalue weighted by Crippen LogP contribution is 2.24. The number of carbonyl (C=O) groups is 1. The summed E-state index contributed by atoms with van der Waals surface area (Å²) in [7, 11) is 0. The van der Waals surface area contributed by atoms with Crippen molar-refractivity contribution in [3.8, 4) is 0 Å². The lowest BCUT2D eigenvalue weighted by molar-refractivity contribution is 0.0957. The Kier molecular flexibility index (Phi) is 4.39. The van der Waals surface area contributed by atoms with Crippen LogP contribution in [0.1, 0.15) is 16.1 Å². The molecule has 116 valence electrons. The first-order valence-electron chi connectivity index (χ1n) is 6.86. The summed E-state index contributed by atoms with van der Waals surface area (Å²) in [4.78, 5) is 18.1. The summed E-state index contributed by atoms with van der Waals surface area (Å²) < 4.78 is 19.2. The molecule has 2 aromatic heterocycles. The highest BCUT2D eigenvalue weighted by atomic mass is 35.5. The molecule has 0 N–H and O–H groups in total. The van der Waals surface area contributed by atoms with Gasteiger partial charge in [0.25, 0.3) is 5.91 Å². The summed E-state index contributed by atoms with van der Waals surface area (Å²) in [5, 5.41) is 0.248. The molecule has 23 heavy (non-hydrogen) atoms. The van der Waals surface area contributed by atoms with Crippen molar-refractivity contribution in [3.05, 3.63) is 83.2 Å². The van der Waals surface area contributed by atoms with Crippen LogP contribution in [0.25, 0.3) is 0 Å². The van der Waals surface area contributed by atoms with Gasteiger partial charge in [0.05, 0.1) is 12.8 Å². The molecule has 1 amide bonds. The summed E-state index contributed by atoms with van der Waals surface area (Å²) >= 11 is 6.07. The van der Waals surface area contributed by atoms with Crippen molar-refractivity contribution in [2.24, 2.45) is 0 Å². The maximum Gasteiger partial charge on any atom is 0.295 e. The molecule has 3 aromatic rings. The molecule has 0 spiro atoms. The smallest absolute Gasteiger partial charge is 0.295 e. The quantitative estimate of drug-likeness (QED) is 0.716. The fourth-order valence-electron chi connectivity index (χ4n) is 2.15. The second-order valence-corrected chi connectivity index (χ2v) is 5.16. The van der Waals surface area contributed by atoms with Crippen LogP contribution < -0.4 is 4.90 Å². The lowest BCUT2D eigenvalue weighted by Crippen LogP contribution is -2.31. The molecule has 0 saturated heterocycles. The summed E-state index contributed by atoms with van der Waals surface area (Å²) in [6.07, 6.45) is 2.96. The van der Waals surface area contributed by atoms with E-state index in [9.17, 15) is 9.18 Å². The van der Waals surface area contributed by atoms with Crippen molar-refractivity contribution in [3.63, 3.8) is 0 Å². The number of halogens is 2. The van der Waals surface area contributed by atoms with Crippen LogP contribution in [0.4, 0.5) is 10.2 Å². The Labute approximate surface area is 137 Å². The Morgan fingerprint density at radius 1 is 1.17 bits per heavy atom. The van der Waals surface area contributed by atoms with Crippen molar-refractivity contribution in [1.29, 1.82) is 0 Å². The van der Waals surface area contributed by atoms with Crippen LogP contribution in [-0.2, 0) is 6.54 Å². The molecule has 0 aliphatic rings.